The molecule has 0 radical (unpaired) electrons. The standard InChI is InChI=1S/C9H9N3OS.Na/c1-13-8-5-3-2-4-7(8)12-9(14)11-6-10;/h2-5H,1H3,(H2,11,12,14);/q;+1/p-1. The van der Waals surface area contributed by atoms with Gasteiger partial charge in [-0.05, 0) is 17.3 Å². The second-order valence-electron chi connectivity index (χ2n) is 2.34. The summed E-state index contributed by atoms with van der Waals surface area (Å²) in [5.41, 5.74) is 0.694. The molecule has 0 saturated heterocycles. The Morgan fingerprint density at radius 2 is 2.20 bits per heavy atom. The summed E-state index contributed by atoms with van der Waals surface area (Å²) in [7, 11) is 1.56. The number of ether oxygens (including phenoxy) is 1. The molecule has 1 N–H and O–H groups in total. The molecule has 0 atom stereocenters. The summed E-state index contributed by atoms with van der Waals surface area (Å²) in [5.74, 6) is 0.656. The number of nitriles is 1. The van der Waals surface area contributed by atoms with Crippen LogP contribution in [0.4, 0.5) is 5.69 Å². The Morgan fingerprint density at radius 1 is 1.53 bits per heavy atom. The Labute approximate surface area is 116 Å². The first-order valence-electron chi connectivity index (χ1n) is 3.81. The van der Waals surface area contributed by atoms with Crippen LogP contribution in [0.2, 0.25) is 0 Å². The van der Waals surface area contributed by atoms with Gasteiger partial charge in [0, 0.05) is 0 Å². The number of nitrogens with one attached hydrogen (secondary N) is 1. The van der Waals surface area contributed by atoms with Gasteiger partial charge in [-0.25, -0.2) is 0 Å². The van der Waals surface area contributed by atoms with Gasteiger partial charge in [-0.15, -0.1) is 0 Å². The summed E-state index contributed by atoms with van der Waals surface area (Å²) >= 11 is 4.79. The zero-order chi connectivity index (χ0) is 10.4. The summed E-state index contributed by atoms with van der Waals surface area (Å²) in [6.07, 6.45) is 1.61. The van der Waals surface area contributed by atoms with Gasteiger partial charge in [0.15, 0.2) is 0 Å². The van der Waals surface area contributed by atoms with Crippen molar-refractivity contribution in [2.45, 2.75) is 0 Å². The summed E-state index contributed by atoms with van der Waals surface area (Å²) in [6.45, 7) is 0. The van der Waals surface area contributed by atoms with Gasteiger partial charge < -0.3 is 22.7 Å². The Morgan fingerprint density at radius 3 is 2.80 bits per heavy atom. The van der Waals surface area contributed by atoms with Crippen molar-refractivity contribution in [3.05, 3.63) is 24.3 Å². The van der Waals surface area contributed by atoms with Gasteiger partial charge in [0.25, 0.3) is 0 Å². The zero-order valence-electron chi connectivity index (χ0n) is 8.52. The van der Waals surface area contributed by atoms with Gasteiger partial charge in [-0.1, -0.05) is 12.1 Å². The number of nitrogens with zero attached hydrogens (tertiary/aromatic N) is 2. The van der Waals surface area contributed by atoms with Crippen LogP contribution >= 0.6 is 0 Å². The van der Waals surface area contributed by atoms with Crippen LogP contribution in [0.15, 0.2) is 29.3 Å². The Balaban J connectivity index is 0.00000196. The molecule has 0 bridgehead atoms. The average molecular weight is 229 g/mol. The van der Waals surface area contributed by atoms with Crippen molar-refractivity contribution in [2.24, 2.45) is 4.99 Å². The molecule has 1 aromatic carbocycles. The monoisotopic (exact) mass is 229 g/mol. The largest absolute Gasteiger partial charge is 1.00 e. The maximum absolute atomic E-state index is 8.27. The molecule has 15 heavy (non-hydrogen) atoms. The van der Waals surface area contributed by atoms with Gasteiger partial charge in [0.2, 0.25) is 6.19 Å². The molecule has 0 spiro atoms. The number of para-hydroxylation sites is 2. The summed E-state index contributed by atoms with van der Waals surface area (Å²) in [5, 5.41) is 11.2. The molecule has 0 unspecified atom stereocenters. The second-order valence-corrected chi connectivity index (χ2v) is 2.73. The summed E-state index contributed by atoms with van der Waals surface area (Å²) in [6, 6.07) is 7.25. The first kappa shape index (κ1) is 14.2. The van der Waals surface area contributed by atoms with E-state index in [1.165, 1.54) is 0 Å². The van der Waals surface area contributed by atoms with Crippen molar-refractivity contribution in [1.29, 1.82) is 5.26 Å². The van der Waals surface area contributed by atoms with Gasteiger partial charge in [-0.3, -0.25) is 0 Å². The van der Waals surface area contributed by atoms with Crippen molar-refractivity contribution in [3.8, 4) is 11.9 Å². The van der Waals surface area contributed by atoms with Crippen LogP contribution in [0.1, 0.15) is 0 Å². The molecular weight excluding hydrogens is 221 g/mol. The molecule has 0 amide bonds. The molecule has 1 aromatic rings. The van der Waals surface area contributed by atoms with Gasteiger partial charge in [0.1, 0.15) is 5.75 Å². The first-order chi connectivity index (χ1) is 6.77. The Bertz CT molecular complexity index is 389. The van der Waals surface area contributed by atoms with Crippen LogP contribution in [-0.4, -0.2) is 12.3 Å². The number of hydrogen-bond donors (Lipinski definition) is 1. The molecule has 0 aliphatic heterocycles. The minimum absolute atomic E-state index is 0. The third kappa shape index (κ3) is 4.49. The van der Waals surface area contributed by atoms with Crippen molar-refractivity contribution in [2.75, 3.05) is 12.4 Å². The fourth-order valence-electron chi connectivity index (χ4n) is 0.936. The van der Waals surface area contributed by atoms with Crippen molar-refractivity contribution < 1.29 is 34.3 Å². The van der Waals surface area contributed by atoms with Crippen LogP contribution in [0.3, 0.4) is 0 Å². The molecule has 6 heteroatoms. The number of hydrogen-bond acceptors (Lipinski definition) is 4. The predicted molar refractivity (Wildman–Crippen MR) is 57.0 cm³/mol. The summed E-state index contributed by atoms with van der Waals surface area (Å²) < 4.78 is 5.08. The Kier molecular flexibility index (Phi) is 7.09. The van der Waals surface area contributed by atoms with Gasteiger partial charge >= 0.3 is 29.6 Å². The quantitative estimate of drug-likeness (QED) is 0.220. The molecule has 0 heterocycles. The Hall–Kier alpha value is -0.800. The first-order valence-corrected chi connectivity index (χ1v) is 4.22. The fourth-order valence-corrected chi connectivity index (χ4v) is 1.09. The van der Waals surface area contributed by atoms with E-state index >= 15 is 0 Å². The van der Waals surface area contributed by atoms with Crippen molar-refractivity contribution >= 4 is 23.5 Å². The maximum Gasteiger partial charge on any atom is 1.00 e. The van der Waals surface area contributed by atoms with Crippen LogP contribution < -0.4 is 39.6 Å². The van der Waals surface area contributed by atoms with E-state index in [2.05, 4.69) is 10.3 Å². The van der Waals surface area contributed by atoms with E-state index < -0.39 is 0 Å². The van der Waals surface area contributed by atoms with E-state index in [9.17, 15) is 0 Å². The normalized spacial score (nSPS) is 9.73. The predicted octanol–water partition coefficient (Wildman–Crippen LogP) is -1.50. The third-order valence-corrected chi connectivity index (χ3v) is 1.69. The number of aliphatic imine (C=N–C) groups is 1. The molecule has 0 saturated carbocycles. The average Bonchev–Trinajstić information content (AvgIpc) is 2.19. The van der Waals surface area contributed by atoms with Crippen molar-refractivity contribution in [3.63, 3.8) is 0 Å². The van der Waals surface area contributed by atoms with Gasteiger partial charge in [-0.2, -0.15) is 10.3 Å². The summed E-state index contributed by atoms with van der Waals surface area (Å²) in [4.78, 5) is 3.37. The molecule has 0 aromatic heterocycles. The van der Waals surface area contributed by atoms with Crippen LogP contribution in [0.5, 0.6) is 5.75 Å². The number of methoxy groups -OCH3 is 1. The SMILES string of the molecule is COc1ccccc1N/C([S-])=N/C#N.[Na+]. The van der Waals surface area contributed by atoms with E-state index in [-0.39, 0.29) is 34.7 Å². The number of benzene rings is 1. The van der Waals surface area contributed by atoms with E-state index in [4.69, 9.17) is 22.6 Å². The number of amidine groups is 1. The zero-order valence-corrected chi connectivity index (χ0v) is 11.3. The fraction of sp³-hybridized carbons (Fsp3) is 0.111. The number of anilines is 1. The maximum atomic E-state index is 8.27. The molecule has 1 rings (SSSR count). The number of rotatable bonds is 2. The van der Waals surface area contributed by atoms with Gasteiger partial charge in [0.05, 0.1) is 12.8 Å². The third-order valence-electron chi connectivity index (χ3n) is 1.50. The molecule has 0 aliphatic rings. The van der Waals surface area contributed by atoms with E-state index in [1.807, 2.05) is 12.1 Å². The van der Waals surface area contributed by atoms with Crippen LogP contribution in [0, 0.1) is 11.5 Å². The van der Waals surface area contributed by atoms with E-state index in [0.29, 0.717) is 11.4 Å². The second kappa shape index (κ2) is 7.49. The minimum Gasteiger partial charge on any atom is -0.742 e. The topological polar surface area (TPSA) is 57.4 Å². The van der Waals surface area contributed by atoms with Crippen molar-refractivity contribution in [1.82, 2.24) is 0 Å². The molecule has 0 aliphatic carbocycles. The van der Waals surface area contributed by atoms with Crippen LogP contribution in [-0.2, 0) is 12.6 Å². The molecule has 0 fully saturated rings. The van der Waals surface area contributed by atoms with Crippen LogP contribution in [0.25, 0.3) is 0 Å². The minimum atomic E-state index is 0. The van der Waals surface area contributed by atoms with E-state index in [1.54, 1.807) is 25.4 Å². The molecular formula is C9H8N3NaOS. The van der Waals surface area contributed by atoms with E-state index in [0.717, 1.165) is 0 Å². The molecule has 4 nitrogen and oxygen atoms in total. The molecule has 72 valence electrons. The smallest absolute Gasteiger partial charge is 0.742 e.